The number of hydrogen-bond donors (Lipinski definition) is 1. The van der Waals surface area contributed by atoms with Gasteiger partial charge in [0, 0.05) is 6.54 Å². The Morgan fingerprint density at radius 3 is 2.00 bits per heavy atom. The molecule has 0 saturated heterocycles. The third-order valence-corrected chi connectivity index (χ3v) is 3.12. The summed E-state index contributed by atoms with van der Waals surface area (Å²) in [7, 11) is 0. The Bertz CT molecular complexity index is 148. The molecule has 1 fully saturated rings. The fourth-order valence-electron chi connectivity index (χ4n) is 2.42. The molecule has 1 saturated carbocycles. The molecular formula is C12H25NO. The summed E-state index contributed by atoms with van der Waals surface area (Å²) in [6.45, 7) is 4.90. The van der Waals surface area contributed by atoms with Crippen LogP contribution in [0.15, 0.2) is 0 Å². The zero-order valence-corrected chi connectivity index (χ0v) is 9.72. The number of nitrogens with two attached hydrogens (primary N) is 1. The zero-order valence-electron chi connectivity index (χ0n) is 9.72. The predicted molar refractivity (Wildman–Crippen MR) is 60.3 cm³/mol. The molecule has 84 valence electrons. The van der Waals surface area contributed by atoms with Crippen LogP contribution in [-0.2, 0) is 4.74 Å². The highest BCUT2D eigenvalue weighted by Crippen LogP contribution is 2.29. The molecule has 1 aliphatic rings. The summed E-state index contributed by atoms with van der Waals surface area (Å²) in [6.07, 6.45) is 9.27. The lowest BCUT2D eigenvalue weighted by molar-refractivity contribution is -0.0884. The van der Waals surface area contributed by atoms with E-state index in [0.717, 1.165) is 12.8 Å². The lowest BCUT2D eigenvalue weighted by Crippen LogP contribution is -2.43. The van der Waals surface area contributed by atoms with Gasteiger partial charge < -0.3 is 10.5 Å². The van der Waals surface area contributed by atoms with Crippen LogP contribution in [-0.4, -0.2) is 18.2 Å². The summed E-state index contributed by atoms with van der Waals surface area (Å²) in [5.74, 6) is 0. The zero-order chi connectivity index (χ0) is 10.4. The third kappa shape index (κ3) is 3.58. The van der Waals surface area contributed by atoms with Crippen molar-refractivity contribution in [1.29, 1.82) is 0 Å². The van der Waals surface area contributed by atoms with Crippen molar-refractivity contribution in [2.75, 3.05) is 6.54 Å². The van der Waals surface area contributed by atoms with E-state index in [1.165, 1.54) is 32.1 Å². The van der Waals surface area contributed by atoms with Gasteiger partial charge in [-0.25, -0.2) is 0 Å². The van der Waals surface area contributed by atoms with Crippen molar-refractivity contribution in [3.8, 4) is 0 Å². The number of ether oxygens (including phenoxy) is 1. The molecular weight excluding hydrogens is 174 g/mol. The first-order chi connectivity index (χ1) is 6.68. The van der Waals surface area contributed by atoms with Crippen LogP contribution in [0.4, 0.5) is 0 Å². The average molecular weight is 199 g/mol. The largest absolute Gasteiger partial charge is 0.371 e. The first-order valence-corrected chi connectivity index (χ1v) is 6.06. The monoisotopic (exact) mass is 199 g/mol. The second kappa shape index (κ2) is 5.72. The van der Waals surface area contributed by atoms with Crippen molar-refractivity contribution in [3.05, 3.63) is 0 Å². The standard InChI is InChI=1S/C12H25NO/c1-11(2)14-12(10-13)8-6-4-3-5-7-9-12/h11H,3-10,13H2,1-2H3. The quantitative estimate of drug-likeness (QED) is 0.758. The van der Waals surface area contributed by atoms with E-state index in [1.54, 1.807) is 0 Å². The van der Waals surface area contributed by atoms with Gasteiger partial charge in [-0.05, 0) is 26.7 Å². The van der Waals surface area contributed by atoms with Crippen LogP contribution in [0.2, 0.25) is 0 Å². The lowest BCUT2D eigenvalue weighted by Gasteiger charge is -2.36. The van der Waals surface area contributed by atoms with Gasteiger partial charge in [0.1, 0.15) is 0 Å². The van der Waals surface area contributed by atoms with Crippen LogP contribution in [0, 0.1) is 0 Å². The summed E-state index contributed by atoms with van der Waals surface area (Å²) in [5.41, 5.74) is 5.88. The van der Waals surface area contributed by atoms with E-state index >= 15 is 0 Å². The molecule has 0 aromatic heterocycles. The molecule has 2 N–H and O–H groups in total. The second-order valence-electron chi connectivity index (χ2n) is 4.82. The van der Waals surface area contributed by atoms with Crippen LogP contribution in [0.3, 0.4) is 0 Å². The Balaban J connectivity index is 2.53. The van der Waals surface area contributed by atoms with Crippen LogP contribution in [0.5, 0.6) is 0 Å². The Morgan fingerprint density at radius 2 is 1.57 bits per heavy atom. The predicted octanol–water partition coefficient (Wildman–Crippen LogP) is 2.85. The topological polar surface area (TPSA) is 35.2 Å². The van der Waals surface area contributed by atoms with Crippen molar-refractivity contribution in [2.45, 2.75) is 70.5 Å². The molecule has 0 heterocycles. The molecule has 14 heavy (non-hydrogen) atoms. The maximum atomic E-state index is 6.04. The second-order valence-corrected chi connectivity index (χ2v) is 4.82. The van der Waals surface area contributed by atoms with Gasteiger partial charge in [0.05, 0.1) is 11.7 Å². The molecule has 0 atom stereocenters. The van der Waals surface area contributed by atoms with Gasteiger partial charge in [-0.1, -0.05) is 32.1 Å². The van der Waals surface area contributed by atoms with Crippen molar-refractivity contribution in [1.82, 2.24) is 0 Å². The van der Waals surface area contributed by atoms with Gasteiger partial charge in [0.15, 0.2) is 0 Å². The minimum absolute atomic E-state index is 0.00537. The molecule has 0 bridgehead atoms. The van der Waals surface area contributed by atoms with E-state index in [1.807, 2.05) is 0 Å². The molecule has 0 unspecified atom stereocenters. The minimum Gasteiger partial charge on any atom is -0.371 e. The first kappa shape index (κ1) is 12.0. The minimum atomic E-state index is -0.00537. The Morgan fingerprint density at radius 1 is 1.07 bits per heavy atom. The lowest BCUT2D eigenvalue weighted by atomic mass is 9.86. The average Bonchev–Trinajstić information content (AvgIpc) is 2.09. The smallest absolute Gasteiger partial charge is 0.0807 e. The van der Waals surface area contributed by atoms with Crippen LogP contribution < -0.4 is 5.73 Å². The Kier molecular flexibility index (Phi) is 4.90. The summed E-state index contributed by atoms with van der Waals surface area (Å²) >= 11 is 0. The van der Waals surface area contributed by atoms with E-state index in [-0.39, 0.29) is 5.60 Å². The van der Waals surface area contributed by atoms with E-state index in [9.17, 15) is 0 Å². The number of hydrogen-bond acceptors (Lipinski definition) is 2. The highest BCUT2D eigenvalue weighted by atomic mass is 16.5. The van der Waals surface area contributed by atoms with Crippen molar-refractivity contribution in [3.63, 3.8) is 0 Å². The van der Waals surface area contributed by atoms with Gasteiger partial charge in [-0.2, -0.15) is 0 Å². The molecule has 0 radical (unpaired) electrons. The Hall–Kier alpha value is -0.0800. The van der Waals surface area contributed by atoms with Gasteiger partial charge in [0.2, 0.25) is 0 Å². The highest BCUT2D eigenvalue weighted by molar-refractivity contribution is 4.84. The van der Waals surface area contributed by atoms with Gasteiger partial charge in [-0.3, -0.25) is 0 Å². The fraction of sp³-hybridized carbons (Fsp3) is 1.00. The Labute approximate surface area is 88.2 Å². The molecule has 0 aromatic carbocycles. The van der Waals surface area contributed by atoms with E-state index < -0.39 is 0 Å². The first-order valence-electron chi connectivity index (χ1n) is 6.06. The summed E-state index contributed by atoms with van der Waals surface area (Å²) < 4.78 is 6.04. The van der Waals surface area contributed by atoms with Crippen LogP contribution >= 0.6 is 0 Å². The van der Waals surface area contributed by atoms with E-state index in [0.29, 0.717) is 12.6 Å². The molecule has 2 nitrogen and oxygen atoms in total. The molecule has 0 aliphatic heterocycles. The fourth-order valence-corrected chi connectivity index (χ4v) is 2.42. The van der Waals surface area contributed by atoms with Crippen molar-refractivity contribution in [2.24, 2.45) is 5.73 Å². The summed E-state index contributed by atoms with van der Waals surface area (Å²) in [6, 6.07) is 0. The molecule has 0 aromatic rings. The molecule has 0 amide bonds. The summed E-state index contributed by atoms with van der Waals surface area (Å²) in [4.78, 5) is 0. The normalized spacial score (nSPS) is 23.1. The molecule has 1 rings (SSSR count). The van der Waals surface area contributed by atoms with Crippen molar-refractivity contribution >= 4 is 0 Å². The third-order valence-electron chi connectivity index (χ3n) is 3.12. The SMILES string of the molecule is CC(C)OC1(CN)CCCCCCC1. The van der Waals surface area contributed by atoms with Crippen LogP contribution in [0.25, 0.3) is 0 Å². The van der Waals surface area contributed by atoms with Crippen LogP contribution in [0.1, 0.15) is 58.8 Å². The molecule has 2 heteroatoms. The van der Waals surface area contributed by atoms with E-state index in [4.69, 9.17) is 10.5 Å². The van der Waals surface area contributed by atoms with Gasteiger partial charge in [0.25, 0.3) is 0 Å². The van der Waals surface area contributed by atoms with E-state index in [2.05, 4.69) is 13.8 Å². The van der Waals surface area contributed by atoms with Crippen molar-refractivity contribution < 1.29 is 4.74 Å². The van der Waals surface area contributed by atoms with Gasteiger partial charge >= 0.3 is 0 Å². The summed E-state index contributed by atoms with van der Waals surface area (Å²) in [5, 5.41) is 0. The maximum Gasteiger partial charge on any atom is 0.0807 e. The number of rotatable bonds is 3. The maximum absolute atomic E-state index is 6.04. The molecule has 0 spiro atoms. The van der Waals surface area contributed by atoms with Gasteiger partial charge in [-0.15, -0.1) is 0 Å². The highest BCUT2D eigenvalue weighted by Gasteiger charge is 2.30. The molecule has 1 aliphatic carbocycles.